The van der Waals surface area contributed by atoms with E-state index in [1.54, 1.807) is 25.1 Å². The molecule has 3 rings (SSSR count). The molecule has 142 valence electrons. The van der Waals surface area contributed by atoms with Crippen LogP contribution in [-0.4, -0.2) is 37.2 Å². The summed E-state index contributed by atoms with van der Waals surface area (Å²) in [4.78, 5) is 22.8. The van der Waals surface area contributed by atoms with Crippen LogP contribution in [0.1, 0.15) is 6.92 Å². The van der Waals surface area contributed by atoms with Gasteiger partial charge in [-0.3, -0.25) is 14.9 Å². The Morgan fingerprint density at radius 2 is 1.93 bits per heavy atom. The van der Waals surface area contributed by atoms with E-state index in [9.17, 15) is 14.9 Å². The van der Waals surface area contributed by atoms with Crippen LogP contribution in [0.15, 0.2) is 36.4 Å². The molecule has 0 saturated heterocycles. The lowest BCUT2D eigenvalue weighted by atomic mass is 10.2. The molecular weight excluding hydrogens is 354 g/mol. The van der Waals surface area contributed by atoms with Crippen molar-refractivity contribution in [1.82, 2.24) is 0 Å². The Hall–Kier alpha value is -3.49. The number of ether oxygens (including phenoxy) is 3. The minimum atomic E-state index is -0.576. The Morgan fingerprint density at radius 1 is 1.19 bits per heavy atom. The number of nitrogens with one attached hydrogen (secondary N) is 2. The first kappa shape index (κ1) is 18.3. The average Bonchev–Trinajstić information content (AvgIpc) is 2.67. The van der Waals surface area contributed by atoms with Crippen LogP contribution in [0.4, 0.5) is 17.1 Å². The Balaban J connectivity index is 1.68. The normalized spacial score (nSPS) is 13.4. The Morgan fingerprint density at radius 3 is 2.63 bits per heavy atom. The summed E-state index contributed by atoms with van der Waals surface area (Å²) in [6, 6.07) is 8.76. The van der Waals surface area contributed by atoms with Crippen molar-refractivity contribution in [3.8, 4) is 17.2 Å². The van der Waals surface area contributed by atoms with E-state index >= 15 is 0 Å². The van der Waals surface area contributed by atoms with E-state index in [1.165, 1.54) is 25.3 Å². The summed E-state index contributed by atoms with van der Waals surface area (Å²) < 4.78 is 16.1. The predicted octanol–water partition coefficient (Wildman–Crippen LogP) is 2.81. The summed E-state index contributed by atoms with van der Waals surface area (Å²) in [7, 11) is 1.38. The number of anilines is 2. The number of carbonyl (C=O) groups excluding carboxylic acids is 1. The van der Waals surface area contributed by atoms with E-state index in [0.29, 0.717) is 36.1 Å². The van der Waals surface area contributed by atoms with E-state index in [-0.39, 0.29) is 17.3 Å². The number of hydrogen-bond acceptors (Lipinski definition) is 7. The molecule has 0 fully saturated rings. The fraction of sp³-hybridized carbons (Fsp3) is 0.278. The first-order chi connectivity index (χ1) is 13.0. The number of benzene rings is 2. The van der Waals surface area contributed by atoms with Crippen molar-refractivity contribution in [3.05, 3.63) is 46.5 Å². The fourth-order valence-electron chi connectivity index (χ4n) is 2.59. The summed E-state index contributed by atoms with van der Waals surface area (Å²) in [5.74, 6) is 1.18. The predicted molar refractivity (Wildman–Crippen MR) is 98.8 cm³/mol. The molecule has 0 unspecified atom stereocenters. The van der Waals surface area contributed by atoms with Crippen LogP contribution in [0.25, 0.3) is 0 Å². The Labute approximate surface area is 155 Å². The zero-order valence-corrected chi connectivity index (χ0v) is 14.9. The van der Waals surface area contributed by atoms with E-state index in [2.05, 4.69) is 10.6 Å². The number of carbonyl (C=O) groups is 1. The van der Waals surface area contributed by atoms with Gasteiger partial charge in [0.05, 0.1) is 23.8 Å². The molecule has 1 atom stereocenters. The SMILES string of the molecule is COc1cc([N+](=O)[O-])ccc1NC(=O)[C@@H](C)Nc1ccc2c(c1)OCCO2. The molecule has 1 aliphatic heterocycles. The quantitative estimate of drug-likeness (QED) is 0.591. The highest BCUT2D eigenvalue weighted by Crippen LogP contribution is 2.33. The van der Waals surface area contributed by atoms with Gasteiger partial charge in [-0.25, -0.2) is 0 Å². The maximum absolute atomic E-state index is 12.5. The molecule has 0 aromatic heterocycles. The molecular formula is C18H19N3O6. The van der Waals surface area contributed by atoms with E-state index < -0.39 is 11.0 Å². The van der Waals surface area contributed by atoms with Crippen molar-refractivity contribution >= 4 is 23.0 Å². The van der Waals surface area contributed by atoms with Gasteiger partial charge in [0, 0.05) is 17.8 Å². The van der Waals surface area contributed by atoms with Crippen LogP contribution in [-0.2, 0) is 4.79 Å². The number of methoxy groups -OCH3 is 1. The monoisotopic (exact) mass is 373 g/mol. The maximum atomic E-state index is 12.5. The summed E-state index contributed by atoms with van der Waals surface area (Å²) >= 11 is 0. The molecule has 0 saturated carbocycles. The van der Waals surface area contributed by atoms with Crippen LogP contribution >= 0.6 is 0 Å². The highest BCUT2D eigenvalue weighted by atomic mass is 16.6. The zero-order valence-electron chi connectivity index (χ0n) is 14.9. The molecule has 1 amide bonds. The average molecular weight is 373 g/mol. The van der Waals surface area contributed by atoms with Crippen molar-refractivity contribution in [2.24, 2.45) is 0 Å². The van der Waals surface area contributed by atoms with Crippen molar-refractivity contribution < 1.29 is 23.9 Å². The van der Waals surface area contributed by atoms with Crippen molar-refractivity contribution in [3.63, 3.8) is 0 Å². The second-order valence-electron chi connectivity index (χ2n) is 5.86. The van der Waals surface area contributed by atoms with E-state index in [4.69, 9.17) is 14.2 Å². The third-order valence-corrected chi connectivity index (χ3v) is 3.97. The van der Waals surface area contributed by atoms with Crippen LogP contribution < -0.4 is 24.8 Å². The third kappa shape index (κ3) is 4.20. The fourth-order valence-corrected chi connectivity index (χ4v) is 2.59. The lowest BCUT2D eigenvalue weighted by Gasteiger charge is -2.21. The Kier molecular flexibility index (Phi) is 5.30. The van der Waals surface area contributed by atoms with Gasteiger partial charge in [-0.2, -0.15) is 0 Å². The number of nitro benzene ring substituents is 1. The van der Waals surface area contributed by atoms with Gasteiger partial charge < -0.3 is 24.8 Å². The molecule has 0 aliphatic carbocycles. The number of non-ortho nitro benzene ring substituents is 1. The molecule has 0 bridgehead atoms. The number of rotatable bonds is 6. The molecule has 1 heterocycles. The van der Waals surface area contributed by atoms with E-state index in [0.717, 1.165) is 0 Å². The minimum absolute atomic E-state index is 0.118. The van der Waals surface area contributed by atoms with Crippen molar-refractivity contribution in [2.75, 3.05) is 31.0 Å². The molecule has 9 nitrogen and oxygen atoms in total. The van der Waals surface area contributed by atoms with Crippen LogP contribution in [0.3, 0.4) is 0 Å². The second-order valence-corrected chi connectivity index (χ2v) is 5.86. The Bertz CT molecular complexity index is 870. The first-order valence-electron chi connectivity index (χ1n) is 8.27. The third-order valence-electron chi connectivity index (χ3n) is 3.97. The molecule has 9 heteroatoms. The van der Waals surface area contributed by atoms with Gasteiger partial charge in [0.25, 0.3) is 5.69 Å². The summed E-state index contributed by atoms with van der Waals surface area (Å²) in [5, 5.41) is 16.6. The van der Waals surface area contributed by atoms with Gasteiger partial charge in [-0.05, 0) is 25.1 Å². The van der Waals surface area contributed by atoms with Crippen molar-refractivity contribution in [1.29, 1.82) is 0 Å². The molecule has 0 radical (unpaired) electrons. The van der Waals surface area contributed by atoms with Crippen LogP contribution in [0.2, 0.25) is 0 Å². The smallest absolute Gasteiger partial charge is 0.273 e. The second kappa shape index (κ2) is 7.81. The maximum Gasteiger partial charge on any atom is 0.273 e. The first-order valence-corrected chi connectivity index (χ1v) is 8.27. The molecule has 2 N–H and O–H groups in total. The van der Waals surface area contributed by atoms with Crippen LogP contribution in [0, 0.1) is 10.1 Å². The summed E-state index contributed by atoms with van der Waals surface area (Å²) in [6.07, 6.45) is 0. The largest absolute Gasteiger partial charge is 0.494 e. The number of hydrogen-bond donors (Lipinski definition) is 2. The van der Waals surface area contributed by atoms with Gasteiger partial charge in [-0.1, -0.05) is 0 Å². The summed E-state index contributed by atoms with van der Waals surface area (Å²) in [5.41, 5.74) is 0.939. The lowest BCUT2D eigenvalue weighted by molar-refractivity contribution is -0.384. The van der Waals surface area contributed by atoms with Crippen molar-refractivity contribution in [2.45, 2.75) is 13.0 Å². The topological polar surface area (TPSA) is 112 Å². The minimum Gasteiger partial charge on any atom is -0.494 e. The number of nitrogens with zero attached hydrogens (tertiary/aromatic N) is 1. The summed E-state index contributed by atoms with van der Waals surface area (Å²) in [6.45, 7) is 2.69. The highest BCUT2D eigenvalue weighted by Gasteiger charge is 2.18. The standard InChI is InChI=1S/C18H19N3O6/c1-11(19-12-3-6-15-17(9-12)27-8-7-26-15)18(22)20-14-5-4-13(21(23)24)10-16(14)25-2/h3-6,9-11,19H,7-8H2,1-2H3,(H,20,22)/t11-/m1/s1. The molecule has 1 aliphatic rings. The highest BCUT2D eigenvalue weighted by molar-refractivity contribution is 5.97. The number of amides is 1. The number of nitro groups is 1. The molecule has 2 aromatic carbocycles. The van der Waals surface area contributed by atoms with Gasteiger partial charge >= 0.3 is 0 Å². The molecule has 2 aromatic rings. The van der Waals surface area contributed by atoms with E-state index in [1.807, 2.05) is 0 Å². The van der Waals surface area contributed by atoms with Gasteiger partial charge in [0.2, 0.25) is 5.91 Å². The lowest BCUT2D eigenvalue weighted by Crippen LogP contribution is -2.32. The van der Waals surface area contributed by atoms with Gasteiger partial charge in [0.15, 0.2) is 11.5 Å². The number of fused-ring (bicyclic) bond motifs is 1. The van der Waals surface area contributed by atoms with Gasteiger partial charge in [-0.15, -0.1) is 0 Å². The zero-order chi connectivity index (χ0) is 19.4. The molecule has 27 heavy (non-hydrogen) atoms. The van der Waals surface area contributed by atoms with Crippen LogP contribution in [0.5, 0.6) is 17.2 Å². The molecule has 0 spiro atoms. The van der Waals surface area contributed by atoms with Gasteiger partial charge in [0.1, 0.15) is 25.0 Å².